The van der Waals surface area contributed by atoms with E-state index in [-0.39, 0.29) is 29.4 Å². The van der Waals surface area contributed by atoms with Crippen LogP contribution in [-0.4, -0.2) is 33.4 Å². The van der Waals surface area contributed by atoms with E-state index in [1.165, 1.54) is 0 Å². The molecule has 1 N–H and O–H groups in total. The molecule has 0 bridgehead atoms. The summed E-state index contributed by atoms with van der Waals surface area (Å²) in [7, 11) is 0. The highest BCUT2D eigenvalue weighted by atomic mass is 79.9. The van der Waals surface area contributed by atoms with Gasteiger partial charge in [-0.15, -0.1) is 0 Å². The van der Waals surface area contributed by atoms with Crippen molar-refractivity contribution in [2.45, 2.75) is 32.6 Å². The van der Waals surface area contributed by atoms with Gasteiger partial charge in [-0.25, -0.2) is 0 Å². The van der Waals surface area contributed by atoms with E-state index in [4.69, 9.17) is 4.74 Å². The van der Waals surface area contributed by atoms with E-state index >= 15 is 0 Å². The molecule has 0 radical (unpaired) electrons. The predicted octanol–water partition coefficient (Wildman–Crippen LogP) is 1.30. The molecule has 8 heteroatoms. The van der Waals surface area contributed by atoms with Crippen molar-refractivity contribution in [1.82, 2.24) is 4.57 Å². The zero-order valence-electron chi connectivity index (χ0n) is 10.6. The molecule has 1 rings (SSSR count). The first-order valence-electron chi connectivity index (χ1n) is 5.65. The smallest absolute Gasteiger partial charge is 0.286 e. The summed E-state index contributed by atoms with van der Waals surface area (Å²) in [5.74, 6) is 0. The summed E-state index contributed by atoms with van der Waals surface area (Å²) in [4.78, 5) is 21.9. The third kappa shape index (κ3) is 4.73. The molecule has 0 spiro atoms. The van der Waals surface area contributed by atoms with Crippen LogP contribution >= 0.6 is 15.9 Å². The Kier molecular flexibility index (Phi) is 5.64. The number of halogens is 1. The zero-order chi connectivity index (χ0) is 14.6. The minimum atomic E-state index is -0.908. The lowest BCUT2D eigenvalue weighted by Gasteiger charge is -2.14. The highest BCUT2D eigenvalue weighted by Gasteiger charge is 2.15. The highest BCUT2D eigenvalue weighted by molar-refractivity contribution is 9.10. The molecule has 1 atom stereocenters. The molecular weight excluding hydrogens is 320 g/mol. The van der Waals surface area contributed by atoms with Gasteiger partial charge in [0, 0.05) is 6.07 Å². The van der Waals surface area contributed by atoms with Crippen molar-refractivity contribution < 1.29 is 14.8 Å². The summed E-state index contributed by atoms with van der Waals surface area (Å²) < 4.78 is 6.39. The minimum absolute atomic E-state index is 0.0387. The molecule has 0 unspecified atom stereocenters. The molecule has 0 aliphatic heterocycles. The molecule has 1 aromatic heterocycles. The second-order valence-corrected chi connectivity index (χ2v) is 5.15. The predicted molar refractivity (Wildman–Crippen MR) is 72.2 cm³/mol. The number of pyridine rings is 1. The van der Waals surface area contributed by atoms with Gasteiger partial charge in [-0.3, -0.25) is 14.9 Å². The van der Waals surface area contributed by atoms with Crippen LogP contribution in [0, 0.1) is 10.1 Å². The van der Waals surface area contributed by atoms with Crippen LogP contribution in [-0.2, 0) is 11.3 Å². The molecule has 106 valence electrons. The summed E-state index contributed by atoms with van der Waals surface area (Å²) in [5, 5.41) is 20.4. The van der Waals surface area contributed by atoms with Crippen LogP contribution in [0.1, 0.15) is 13.8 Å². The Morgan fingerprint density at radius 3 is 2.74 bits per heavy atom. The number of nitro groups is 1. The largest absolute Gasteiger partial charge is 0.389 e. The molecule has 0 amide bonds. The van der Waals surface area contributed by atoms with E-state index < -0.39 is 16.6 Å². The lowest BCUT2D eigenvalue weighted by Crippen LogP contribution is -2.30. The average molecular weight is 335 g/mol. The Labute approximate surface area is 118 Å². The molecule has 0 saturated carbocycles. The number of aliphatic hydroxyl groups excluding tert-OH is 1. The average Bonchev–Trinajstić information content (AvgIpc) is 2.31. The minimum Gasteiger partial charge on any atom is -0.389 e. The maximum absolute atomic E-state index is 11.8. The van der Waals surface area contributed by atoms with E-state index in [0.29, 0.717) is 0 Å². The van der Waals surface area contributed by atoms with E-state index in [0.717, 1.165) is 16.8 Å². The van der Waals surface area contributed by atoms with Crippen molar-refractivity contribution in [1.29, 1.82) is 0 Å². The molecule has 0 aromatic carbocycles. The van der Waals surface area contributed by atoms with Crippen molar-refractivity contribution in [2.75, 3.05) is 6.61 Å². The van der Waals surface area contributed by atoms with Crippen LogP contribution < -0.4 is 5.56 Å². The second kappa shape index (κ2) is 6.78. The second-order valence-electron chi connectivity index (χ2n) is 4.30. The van der Waals surface area contributed by atoms with Gasteiger partial charge in [0.2, 0.25) is 0 Å². The standard InChI is InChI=1S/C11H15BrN2O5/c1-7(2)19-6-9(15)5-13-4-8(14(17)18)3-10(12)11(13)16/h3-4,7,9,15H,5-6H2,1-2H3/t9-/m0/s1. The van der Waals surface area contributed by atoms with Crippen molar-refractivity contribution in [3.8, 4) is 0 Å². The van der Waals surface area contributed by atoms with Gasteiger partial charge in [0.15, 0.2) is 0 Å². The van der Waals surface area contributed by atoms with E-state index in [2.05, 4.69) is 15.9 Å². The first-order valence-corrected chi connectivity index (χ1v) is 6.44. The molecular formula is C11H15BrN2O5. The van der Waals surface area contributed by atoms with Crippen LogP contribution in [0.5, 0.6) is 0 Å². The molecule has 0 saturated heterocycles. The number of aromatic nitrogens is 1. The van der Waals surface area contributed by atoms with Gasteiger partial charge in [-0.2, -0.15) is 0 Å². The Morgan fingerprint density at radius 2 is 2.21 bits per heavy atom. The lowest BCUT2D eigenvalue weighted by atomic mass is 10.3. The highest BCUT2D eigenvalue weighted by Crippen LogP contribution is 2.14. The van der Waals surface area contributed by atoms with Gasteiger partial charge in [0.25, 0.3) is 11.2 Å². The van der Waals surface area contributed by atoms with Gasteiger partial charge in [0.05, 0.1) is 41.0 Å². The fraction of sp³-hybridized carbons (Fsp3) is 0.545. The van der Waals surface area contributed by atoms with Crippen LogP contribution in [0.25, 0.3) is 0 Å². The normalized spacial score (nSPS) is 12.7. The SMILES string of the molecule is CC(C)OC[C@@H](O)Cn1cc([N+](=O)[O-])cc(Br)c1=O. The Bertz CT molecular complexity index is 514. The molecule has 1 heterocycles. The number of hydrogen-bond acceptors (Lipinski definition) is 5. The Morgan fingerprint density at radius 1 is 1.58 bits per heavy atom. The monoisotopic (exact) mass is 334 g/mol. The molecule has 0 aliphatic rings. The van der Waals surface area contributed by atoms with Gasteiger partial charge >= 0.3 is 0 Å². The molecule has 7 nitrogen and oxygen atoms in total. The Hall–Kier alpha value is -1.25. The Balaban J connectivity index is 2.88. The van der Waals surface area contributed by atoms with Crippen LogP contribution in [0.3, 0.4) is 0 Å². The van der Waals surface area contributed by atoms with Gasteiger partial charge in [-0.1, -0.05) is 0 Å². The van der Waals surface area contributed by atoms with Crippen LogP contribution in [0.4, 0.5) is 5.69 Å². The maximum Gasteiger partial charge on any atom is 0.286 e. The van der Waals surface area contributed by atoms with E-state index in [9.17, 15) is 20.0 Å². The van der Waals surface area contributed by atoms with E-state index in [1.807, 2.05) is 13.8 Å². The number of rotatable bonds is 6. The first kappa shape index (κ1) is 15.8. The summed E-state index contributed by atoms with van der Waals surface area (Å²) >= 11 is 2.97. The number of ether oxygens (including phenoxy) is 1. The number of aliphatic hydroxyl groups is 1. The molecule has 0 aliphatic carbocycles. The third-order valence-corrected chi connectivity index (χ3v) is 2.84. The number of hydrogen-bond donors (Lipinski definition) is 1. The van der Waals surface area contributed by atoms with Crippen molar-refractivity contribution >= 4 is 21.6 Å². The quantitative estimate of drug-likeness (QED) is 0.625. The third-order valence-electron chi connectivity index (χ3n) is 2.27. The fourth-order valence-electron chi connectivity index (χ4n) is 1.40. The topological polar surface area (TPSA) is 94.6 Å². The summed E-state index contributed by atoms with van der Waals surface area (Å²) in [6.45, 7) is 3.64. The summed E-state index contributed by atoms with van der Waals surface area (Å²) in [6, 6.07) is 1.13. The maximum atomic E-state index is 11.8. The first-order chi connectivity index (χ1) is 8.81. The fourth-order valence-corrected chi connectivity index (χ4v) is 1.87. The van der Waals surface area contributed by atoms with Crippen LogP contribution in [0.15, 0.2) is 21.5 Å². The summed E-state index contributed by atoms with van der Waals surface area (Å²) in [6.07, 6.45) is 0.156. The van der Waals surface area contributed by atoms with Gasteiger partial charge in [0.1, 0.15) is 0 Å². The zero-order valence-corrected chi connectivity index (χ0v) is 12.2. The molecule has 1 aromatic rings. The van der Waals surface area contributed by atoms with Crippen molar-refractivity contribution in [3.63, 3.8) is 0 Å². The number of nitrogens with zero attached hydrogens (tertiary/aromatic N) is 2. The molecule has 19 heavy (non-hydrogen) atoms. The lowest BCUT2D eigenvalue weighted by molar-refractivity contribution is -0.385. The summed E-state index contributed by atoms with van der Waals surface area (Å²) in [5.41, 5.74) is -0.655. The van der Waals surface area contributed by atoms with Crippen LogP contribution in [0.2, 0.25) is 0 Å². The van der Waals surface area contributed by atoms with Gasteiger partial charge < -0.3 is 14.4 Å². The van der Waals surface area contributed by atoms with Gasteiger partial charge in [-0.05, 0) is 29.8 Å². The van der Waals surface area contributed by atoms with Crippen molar-refractivity contribution in [2.24, 2.45) is 0 Å². The molecule has 0 fully saturated rings. The van der Waals surface area contributed by atoms with E-state index in [1.54, 1.807) is 0 Å². The van der Waals surface area contributed by atoms with Crippen molar-refractivity contribution in [3.05, 3.63) is 37.2 Å².